The minimum absolute atomic E-state index is 0.221. The van der Waals surface area contributed by atoms with Gasteiger partial charge in [-0.15, -0.1) is 0 Å². The van der Waals surface area contributed by atoms with E-state index < -0.39 is 0 Å². The van der Waals surface area contributed by atoms with Crippen LogP contribution in [0.4, 0.5) is 17.6 Å². The van der Waals surface area contributed by atoms with E-state index in [2.05, 4.69) is 20.2 Å². The molecule has 1 aliphatic rings. The second-order valence-electron chi connectivity index (χ2n) is 8.17. The monoisotopic (exact) mass is 458 g/mol. The summed E-state index contributed by atoms with van der Waals surface area (Å²) in [5, 5.41) is 12.8. The zero-order valence-electron chi connectivity index (χ0n) is 18.9. The number of aromatic nitrogens is 4. The molecule has 1 aliphatic heterocycles. The fourth-order valence-corrected chi connectivity index (χ4v) is 4.04. The Labute approximate surface area is 197 Å². The standard InChI is InChI=1S/C25H26N6O3/c1-33-21-13-19(7-8-20(21)22-14-26-16-34-22)27-24-28-23(18-5-3-2-4-6-18)29-25(30-24)31-11-9-17(15-32)10-12-31/h2-8,13-14,16-17,32H,9-12,15H2,1H3,(H,27,28,29,30). The molecule has 4 aromatic rings. The number of nitrogens with zero attached hydrogens (tertiary/aromatic N) is 5. The molecule has 9 heteroatoms. The van der Waals surface area contributed by atoms with Gasteiger partial charge in [0.25, 0.3) is 0 Å². The maximum Gasteiger partial charge on any atom is 0.232 e. The number of nitrogens with one attached hydrogen (secondary N) is 1. The van der Waals surface area contributed by atoms with Gasteiger partial charge in [-0.3, -0.25) is 0 Å². The maximum absolute atomic E-state index is 9.48. The average molecular weight is 459 g/mol. The summed E-state index contributed by atoms with van der Waals surface area (Å²) < 4.78 is 11.0. The van der Waals surface area contributed by atoms with Gasteiger partial charge in [-0.25, -0.2) is 4.98 Å². The minimum atomic E-state index is 0.221. The molecule has 0 saturated carbocycles. The number of anilines is 3. The molecule has 0 bridgehead atoms. The molecule has 0 amide bonds. The molecule has 1 fully saturated rings. The third kappa shape index (κ3) is 4.69. The van der Waals surface area contributed by atoms with E-state index in [1.165, 1.54) is 6.39 Å². The molecule has 1 saturated heterocycles. The molecule has 174 valence electrons. The number of methoxy groups -OCH3 is 1. The van der Waals surface area contributed by atoms with Crippen LogP contribution in [-0.4, -0.2) is 51.8 Å². The summed E-state index contributed by atoms with van der Waals surface area (Å²) in [6.45, 7) is 1.81. The van der Waals surface area contributed by atoms with Gasteiger partial charge in [0.05, 0.1) is 18.9 Å². The van der Waals surface area contributed by atoms with Gasteiger partial charge >= 0.3 is 0 Å². The van der Waals surface area contributed by atoms with Crippen LogP contribution in [-0.2, 0) is 0 Å². The number of aliphatic hydroxyl groups is 1. The van der Waals surface area contributed by atoms with Gasteiger partial charge in [-0.2, -0.15) is 15.0 Å². The lowest BCUT2D eigenvalue weighted by molar-refractivity contribution is 0.202. The number of ether oxygens (including phenoxy) is 1. The quantitative estimate of drug-likeness (QED) is 0.422. The third-order valence-electron chi connectivity index (χ3n) is 5.97. The molecule has 3 heterocycles. The molecule has 2 aromatic carbocycles. The van der Waals surface area contributed by atoms with Crippen LogP contribution in [0.15, 0.2) is 65.5 Å². The molecule has 0 unspecified atom stereocenters. The molecule has 0 spiro atoms. The first kappa shape index (κ1) is 21.8. The molecule has 0 aliphatic carbocycles. The van der Waals surface area contributed by atoms with Crippen molar-refractivity contribution in [1.29, 1.82) is 0 Å². The maximum atomic E-state index is 9.48. The fourth-order valence-electron chi connectivity index (χ4n) is 4.04. The highest BCUT2D eigenvalue weighted by Gasteiger charge is 2.22. The van der Waals surface area contributed by atoms with Crippen molar-refractivity contribution in [2.24, 2.45) is 5.92 Å². The summed E-state index contributed by atoms with van der Waals surface area (Å²) in [6, 6.07) is 15.5. The topological polar surface area (TPSA) is 109 Å². The zero-order valence-corrected chi connectivity index (χ0v) is 18.9. The fraction of sp³-hybridized carbons (Fsp3) is 0.280. The first-order valence-electron chi connectivity index (χ1n) is 11.2. The first-order chi connectivity index (χ1) is 16.7. The van der Waals surface area contributed by atoms with Crippen LogP contribution in [0.5, 0.6) is 5.75 Å². The van der Waals surface area contributed by atoms with Crippen molar-refractivity contribution in [3.63, 3.8) is 0 Å². The minimum Gasteiger partial charge on any atom is -0.496 e. The van der Waals surface area contributed by atoms with Crippen molar-refractivity contribution in [2.45, 2.75) is 12.8 Å². The lowest BCUT2D eigenvalue weighted by Crippen LogP contribution is -2.36. The zero-order chi connectivity index (χ0) is 23.3. The number of benzene rings is 2. The molecule has 2 aromatic heterocycles. The number of hydrogen-bond donors (Lipinski definition) is 2. The summed E-state index contributed by atoms with van der Waals surface area (Å²) in [6.07, 6.45) is 4.86. The molecule has 5 rings (SSSR count). The van der Waals surface area contributed by atoms with E-state index in [-0.39, 0.29) is 6.61 Å². The van der Waals surface area contributed by atoms with E-state index in [1.807, 2.05) is 48.5 Å². The van der Waals surface area contributed by atoms with Gasteiger partial charge in [0.2, 0.25) is 11.9 Å². The predicted molar refractivity (Wildman–Crippen MR) is 129 cm³/mol. The van der Waals surface area contributed by atoms with Crippen molar-refractivity contribution < 1.29 is 14.3 Å². The third-order valence-corrected chi connectivity index (χ3v) is 5.97. The van der Waals surface area contributed by atoms with E-state index in [0.717, 1.165) is 42.7 Å². The van der Waals surface area contributed by atoms with Crippen LogP contribution in [0.25, 0.3) is 22.7 Å². The van der Waals surface area contributed by atoms with Crippen LogP contribution in [0.2, 0.25) is 0 Å². The van der Waals surface area contributed by atoms with Crippen molar-refractivity contribution in [1.82, 2.24) is 19.9 Å². The van der Waals surface area contributed by atoms with Crippen LogP contribution in [0.3, 0.4) is 0 Å². The molecule has 0 radical (unpaired) electrons. The number of piperidine rings is 1. The normalized spacial score (nSPS) is 14.2. The van der Waals surface area contributed by atoms with E-state index in [0.29, 0.717) is 35.1 Å². The van der Waals surface area contributed by atoms with Gasteiger partial charge in [0.1, 0.15) is 5.75 Å². The van der Waals surface area contributed by atoms with E-state index in [4.69, 9.17) is 19.1 Å². The van der Waals surface area contributed by atoms with Crippen molar-refractivity contribution in [2.75, 3.05) is 37.0 Å². The number of hydrogen-bond acceptors (Lipinski definition) is 9. The van der Waals surface area contributed by atoms with Gasteiger partial charge in [-0.1, -0.05) is 30.3 Å². The van der Waals surface area contributed by atoms with Crippen molar-refractivity contribution in [3.8, 4) is 28.5 Å². The number of rotatable bonds is 7. The van der Waals surface area contributed by atoms with Gasteiger partial charge in [-0.05, 0) is 30.9 Å². The largest absolute Gasteiger partial charge is 0.496 e. The second kappa shape index (κ2) is 9.88. The van der Waals surface area contributed by atoms with Crippen LogP contribution < -0.4 is 15.0 Å². The molecular weight excluding hydrogens is 432 g/mol. The second-order valence-corrected chi connectivity index (χ2v) is 8.17. The van der Waals surface area contributed by atoms with Gasteiger partial charge < -0.3 is 24.5 Å². The SMILES string of the molecule is COc1cc(Nc2nc(-c3ccccc3)nc(N3CCC(CO)CC3)n2)ccc1-c1cnco1. The molecule has 34 heavy (non-hydrogen) atoms. The highest BCUT2D eigenvalue weighted by molar-refractivity contribution is 5.71. The lowest BCUT2D eigenvalue weighted by atomic mass is 9.98. The Hall–Kier alpha value is -3.98. The van der Waals surface area contributed by atoms with E-state index >= 15 is 0 Å². The Bertz CT molecular complexity index is 1220. The Kier molecular flexibility index (Phi) is 6.35. The summed E-state index contributed by atoms with van der Waals surface area (Å²) in [5.41, 5.74) is 2.49. The Morgan fingerprint density at radius 1 is 1.09 bits per heavy atom. The van der Waals surface area contributed by atoms with Crippen LogP contribution in [0, 0.1) is 5.92 Å². The van der Waals surface area contributed by atoms with Crippen LogP contribution in [0.1, 0.15) is 12.8 Å². The number of aliphatic hydroxyl groups excluding tert-OH is 1. The predicted octanol–water partition coefficient (Wildman–Crippen LogP) is 4.15. The Morgan fingerprint density at radius 2 is 1.91 bits per heavy atom. The van der Waals surface area contributed by atoms with Crippen LogP contribution >= 0.6 is 0 Å². The first-order valence-corrected chi connectivity index (χ1v) is 11.2. The summed E-state index contributed by atoms with van der Waals surface area (Å²) in [5.74, 6) is 3.27. The highest BCUT2D eigenvalue weighted by atomic mass is 16.5. The smallest absolute Gasteiger partial charge is 0.232 e. The lowest BCUT2D eigenvalue weighted by Gasteiger charge is -2.31. The van der Waals surface area contributed by atoms with Crippen molar-refractivity contribution in [3.05, 3.63) is 61.1 Å². The molecular formula is C25H26N6O3. The Morgan fingerprint density at radius 3 is 2.62 bits per heavy atom. The highest BCUT2D eigenvalue weighted by Crippen LogP contribution is 2.33. The average Bonchev–Trinajstić information content (AvgIpc) is 3.44. The molecule has 2 N–H and O–H groups in total. The van der Waals surface area contributed by atoms with Gasteiger partial charge in [0.15, 0.2) is 18.0 Å². The summed E-state index contributed by atoms with van der Waals surface area (Å²) in [7, 11) is 1.61. The molecule has 0 atom stereocenters. The van der Waals surface area contributed by atoms with E-state index in [1.54, 1.807) is 13.3 Å². The Balaban J connectivity index is 1.47. The molecule has 9 nitrogen and oxygen atoms in total. The summed E-state index contributed by atoms with van der Waals surface area (Å²) >= 11 is 0. The van der Waals surface area contributed by atoms with E-state index in [9.17, 15) is 5.11 Å². The number of oxazole rings is 1. The summed E-state index contributed by atoms with van der Waals surface area (Å²) in [4.78, 5) is 20.3. The van der Waals surface area contributed by atoms with Crippen molar-refractivity contribution >= 4 is 17.6 Å². The van der Waals surface area contributed by atoms with Gasteiger partial charge in [0, 0.05) is 37.0 Å².